The Hall–Kier alpha value is -1.39. The van der Waals surface area contributed by atoms with E-state index < -0.39 is 0 Å². The standard InChI is InChI=1S/C15H19N3S/c1-11(16-2)12-3-6-17-15(9-12)18-7-4-14-13(10-18)5-8-19-14/h3,5-6,8-9,11,16H,4,7,10H2,1-2H3. The van der Waals surface area contributed by atoms with Gasteiger partial charge in [-0.05, 0) is 55.1 Å². The zero-order chi connectivity index (χ0) is 13.2. The monoisotopic (exact) mass is 273 g/mol. The number of nitrogens with zero attached hydrogens (tertiary/aromatic N) is 2. The van der Waals surface area contributed by atoms with Crippen molar-refractivity contribution in [1.29, 1.82) is 0 Å². The lowest BCUT2D eigenvalue weighted by Crippen LogP contribution is -2.30. The lowest BCUT2D eigenvalue weighted by atomic mass is 10.1. The largest absolute Gasteiger partial charge is 0.352 e. The van der Waals surface area contributed by atoms with Crippen LogP contribution in [0, 0.1) is 0 Å². The molecule has 4 heteroatoms. The lowest BCUT2D eigenvalue weighted by molar-refractivity contribution is 0.649. The number of fused-ring (bicyclic) bond motifs is 1. The molecule has 0 aromatic carbocycles. The molecule has 0 spiro atoms. The van der Waals surface area contributed by atoms with Gasteiger partial charge >= 0.3 is 0 Å². The smallest absolute Gasteiger partial charge is 0.129 e. The van der Waals surface area contributed by atoms with Crippen LogP contribution in [0.1, 0.15) is 29.0 Å². The zero-order valence-electron chi connectivity index (χ0n) is 11.4. The minimum absolute atomic E-state index is 0.364. The average molecular weight is 273 g/mol. The second-order valence-corrected chi connectivity index (χ2v) is 6.00. The Morgan fingerprint density at radius 3 is 3.16 bits per heavy atom. The van der Waals surface area contributed by atoms with Crippen molar-refractivity contribution in [2.45, 2.75) is 25.9 Å². The fourth-order valence-corrected chi connectivity index (χ4v) is 3.38. The number of hydrogen-bond donors (Lipinski definition) is 1. The van der Waals surface area contributed by atoms with Crippen LogP contribution in [0.25, 0.3) is 0 Å². The van der Waals surface area contributed by atoms with Crippen molar-refractivity contribution in [3.63, 3.8) is 0 Å². The molecule has 2 aromatic rings. The van der Waals surface area contributed by atoms with E-state index in [0.717, 1.165) is 25.3 Å². The van der Waals surface area contributed by atoms with Crippen LogP contribution in [0.3, 0.4) is 0 Å². The molecule has 1 unspecified atom stereocenters. The van der Waals surface area contributed by atoms with E-state index in [-0.39, 0.29) is 0 Å². The highest BCUT2D eigenvalue weighted by atomic mass is 32.1. The summed E-state index contributed by atoms with van der Waals surface area (Å²) in [7, 11) is 1.99. The zero-order valence-corrected chi connectivity index (χ0v) is 12.2. The Balaban J connectivity index is 1.83. The number of thiophene rings is 1. The van der Waals surface area contributed by atoms with Gasteiger partial charge in [-0.3, -0.25) is 0 Å². The van der Waals surface area contributed by atoms with E-state index in [1.165, 1.54) is 16.0 Å². The number of rotatable bonds is 3. The second-order valence-electron chi connectivity index (χ2n) is 5.00. The van der Waals surface area contributed by atoms with Gasteiger partial charge in [0.2, 0.25) is 0 Å². The maximum absolute atomic E-state index is 4.54. The van der Waals surface area contributed by atoms with Crippen LogP contribution in [0.4, 0.5) is 5.82 Å². The van der Waals surface area contributed by atoms with Crippen molar-refractivity contribution in [3.8, 4) is 0 Å². The maximum atomic E-state index is 4.54. The van der Waals surface area contributed by atoms with E-state index >= 15 is 0 Å². The van der Waals surface area contributed by atoms with E-state index in [9.17, 15) is 0 Å². The molecular formula is C15H19N3S. The fourth-order valence-electron chi connectivity index (χ4n) is 2.49. The third kappa shape index (κ3) is 2.51. The molecule has 3 nitrogen and oxygen atoms in total. The van der Waals surface area contributed by atoms with Crippen LogP contribution < -0.4 is 10.2 Å². The van der Waals surface area contributed by atoms with Crippen molar-refractivity contribution >= 4 is 17.2 Å². The van der Waals surface area contributed by atoms with E-state index in [4.69, 9.17) is 0 Å². The molecule has 2 aromatic heterocycles. The minimum atomic E-state index is 0.364. The molecule has 1 atom stereocenters. The maximum Gasteiger partial charge on any atom is 0.129 e. The van der Waals surface area contributed by atoms with Gasteiger partial charge in [-0.25, -0.2) is 4.98 Å². The molecule has 0 saturated carbocycles. The molecule has 1 N–H and O–H groups in total. The molecule has 3 rings (SSSR count). The van der Waals surface area contributed by atoms with Gasteiger partial charge in [0, 0.05) is 30.2 Å². The van der Waals surface area contributed by atoms with E-state index in [1.54, 1.807) is 0 Å². The number of pyridine rings is 1. The van der Waals surface area contributed by atoms with Crippen LogP contribution in [-0.2, 0) is 13.0 Å². The van der Waals surface area contributed by atoms with Crippen molar-refractivity contribution in [1.82, 2.24) is 10.3 Å². The van der Waals surface area contributed by atoms with Crippen LogP contribution in [0.2, 0.25) is 0 Å². The Morgan fingerprint density at radius 1 is 1.42 bits per heavy atom. The summed E-state index contributed by atoms with van der Waals surface area (Å²) in [4.78, 5) is 8.45. The first-order valence-electron chi connectivity index (χ1n) is 6.71. The molecule has 0 saturated heterocycles. The SMILES string of the molecule is CNC(C)c1ccnc(N2CCc3sccc3C2)c1. The fraction of sp³-hybridized carbons (Fsp3) is 0.400. The summed E-state index contributed by atoms with van der Waals surface area (Å²) < 4.78 is 0. The topological polar surface area (TPSA) is 28.2 Å². The van der Waals surface area contributed by atoms with E-state index in [2.05, 4.69) is 45.7 Å². The number of aromatic nitrogens is 1. The van der Waals surface area contributed by atoms with Gasteiger partial charge in [0.25, 0.3) is 0 Å². The Labute approximate surface area is 118 Å². The summed E-state index contributed by atoms with van der Waals surface area (Å²) in [5.41, 5.74) is 2.76. The van der Waals surface area contributed by atoms with Crippen molar-refractivity contribution in [2.75, 3.05) is 18.5 Å². The van der Waals surface area contributed by atoms with Gasteiger partial charge in [0.15, 0.2) is 0 Å². The quantitative estimate of drug-likeness (QED) is 0.932. The van der Waals surface area contributed by atoms with Crippen LogP contribution in [-0.4, -0.2) is 18.6 Å². The normalized spacial score (nSPS) is 16.2. The second kappa shape index (κ2) is 5.31. The minimum Gasteiger partial charge on any atom is -0.352 e. The molecule has 0 bridgehead atoms. The Bertz CT molecular complexity index is 564. The molecular weight excluding hydrogens is 254 g/mol. The summed E-state index contributed by atoms with van der Waals surface area (Å²) in [5, 5.41) is 5.47. The van der Waals surface area contributed by atoms with Gasteiger partial charge < -0.3 is 10.2 Å². The predicted octanol–water partition coefficient (Wildman–Crippen LogP) is 2.99. The van der Waals surface area contributed by atoms with Gasteiger partial charge in [-0.15, -0.1) is 11.3 Å². The van der Waals surface area contributed by atoms with Crippen LogP contribution in [0.5, 0.6) is 0 Å². The van der Waals surface area contributed by atoms with Crippen molar-refractivity contribution < 1.29 is 0 Å². The molecule has 0 amide bonds. The first kappa shape index (κ1) is 12.6. The first-order chi connectivity index (χ1) is 9.28. The van der Waals surface area contributed by atoms with Gasteiger partial charge in [0.05, 0.1) is 0 Å². The Kier molecular flexibility index (Phi) is 3.53. The highest BCUT2D eigenvalue weighted by Gasteiger charge is 2.18. The summed E-state index contributed by atoms with van der Waals surface area (Å²) in [6, 6.07) is 6.90. The van der Waals surface area contributed by atoms with Gasteiger partial charge in [-0.1, -0.05) is 0 Å². The number of anilines is 1. The molecule has 0 fully saturated rings. The third-order valence-corrected chi connectivity index (χ3v) is 4.86. The molecule has 0 aliphatic carbocycles. The molecule has 3 heterocycles. The van der Waals surface area contributed by atoms with E-state index in [1.807, 2.05) is 24.6 Å². The predicted molar refractivity (Wildman–Crippen MR) is 80.8 cm³/mol. The molecule has 1 aliphatic rings. The Morgan fingerprint density at radius 2 is 2.32 bits per heavy atom. The summed E-state index contributed by atoms with van der Waals surface area (Å²) in [6.45, 7) is 4.23. The highest BCUT2D eigenvalue weighted by molar-refractivity contribution is 7.10. The summed E-state index contributed by atoms with van der Waals surface area (Å²) >= 11 is 1.88. The van der Waals surface area contributed by atoms with Gasteiger partial charge in [-0.2, -0.15) is 0 Å². The van der Waals surface area contributed by atoms with Crippen LogP contribution in [0.15, 0.2) is 29.8 Å². The number of hydrogen-bond acceptors (Lipinski definition) is 4. The molecule has 0 radical (unpaired) electrons. The number of nitrogens with one attached hydrogen (secondary N) is 1. The van der Waals surface area contributed by atoms with Crippen LogP contribution >= 0.6 is 11.3 Å². The van der Waals surface area contributed by atoms with Crippen molar-refractivity contribution in [2.24, 2.45) is 0 Å². The van der Waals surface area contributed by atoms with Crippen molar-refractivity contribution in [3.05, 3.63) is 45.8 Å². The molecule has 1 aliphatic heterocycles. The third-order valence-electron chi connectivity index (χ3n) is 3.83. The highest BCUT2D eigenvalue weighted by Crippen LogP contribution is 2.27. The summed E-state index contributed by atoms with van der Waals surface area (Å²) in [6.07, 6.45) is 3.06. The lowest BCUT2D eigenvalue weighted by Gasteiger charge is -2.28. The molecule has 100 valence electrons. The summed E-state index contributed by atoms with van der Waals surface area (Å²) in [5.74, 6) is 1.09. The van der Waals surface area contributed by atoms with E-state index in [0.29, 0.717) is 6.04 Å². The van der Waals surface area contributed by atoms with Gasteiger partial charge in [0.1, 0.15) is 5.82 Å². The first-order valence-corrected chi connectivity index (χ1v) is 7.59. The average Bonchev–Trinajstić information content (AvgIpc) is 2.94. The molecule has 19 heavy (non-hydrogen) atoms.